The molecule has 1 N–H and O–H groups in total. The van der Waals surface area contributed by atoms with E-state index in [0.717, 1.165) is 18.6 Å². The summed E-state index contributed by atoms with van der Waals surface area (Å²) < 4.78 is 0. The van der Waals surface area contributed by atoms with Gasteiger partial charge in [-0.1, -0.05) is 43.4 Å². The Morgan fingerprint density at radius 3 is 2.73 bits per heavy atom. The van der Waals surface area contributed by atoms with E-state index < -0.39 is 6.10 Å². The Bertz CT molecular complexity index is 323. The molecule has 1 nitrogen and oxygen atoms in total. The molecule has 0 heterocycles. The minimum atomic E-state index is -0.452. The van der Waals surface area contributed by atoms with Gasteiger partial charge < -0.3 is 5.11 Å². The summed E-state index contributed by atoms with van der Waals surface area (Å²) in [5.41, 5.74) is 0. The van der Waals surface area contributed by atoms with Crippen molar-refractivity contribution in [1.82, 2.24) is 0 Å². The number of hydrogen-bond acceptors (Lipinski definition) is 2. The smallest absolute Gasteiger partial charge is 0.114 e. The van der Waals surface area contributed by atoms with Gasteiger partial charge in [0.25, 0.3) is 0 Å². The van der Waals surface area contributed by atoms with Crippen molar-refractivity contribution in [1.29, 1.82) is 0 Å². The zero-order valence-corrected chi connectivity index (χ0v) is 9.76. The third-order valence-electron chi connectivity index (χ3n) is 1.88. The highest BCUT2D eigenvalue weighted by molar-refractivity contribution is 7.99. The normalized spacial score (nSPS) is 11.6. The highest BCUT2D eigenvalue weighted by Crippen LogP contribution is 2.15. The van der Waals surface area contributed by atoms with E-state index in [1.807, 2.05) is 25.1 Å². The molecule has 0 amide bonds. The second-order valence-electron chi connectivity index (χ2n) is 3.23. The Morgan fingerprint density at radius 1 is 1.33 bits per heavy atom. The molecule has 0 saturated heterocycles. The molecule has 0 radical (unpaired) electrons. The van der Waals surface area contributed by atoms with Gasteiger partial charge in [0.1, 0.15) is 6.10 Å². The van der Waals surface area contributed by atoms with E-state index in [1.165, 1.54) is 4.90 Å². The topological polar surface area (TPSA) is 20.2 Å². The fourth-order valence-corrected chi connectivity index (χ4v) is 1.81. The Kier molecular flexibility index (Phi) is 5.99. The Labute approximate surface area is 95.9 Å². The van der Waals surface area contributed by atoms with Crippen molar-refractivity contribution in [3.63, 3.8) is 0 Å². The van der Waals surface area contributed by atoms with Crippen molar-refractivity contribution < 1.29 is 5.11 Å². The molecule has 2 heteroatoms. The lowest BCUT2D eigenvalue weighted by Gasteiger charge is -1.98. The lowest BCUT2D eigenvalue weighted by molar-refractivity contribution is 0.221. The second kappa shape index (κ2) is 7.39. The average Bonchev–Trinajstić information content (AvgIpc) is 2.26. The molecule has 15 heavy (non-hydrogen) atoms. The highest BCUT2D eigenvalue weighted by atomic mass is 32.2. The van der Waals surface area contributed by atoms with E-state index in [4.69, 9.17) is 0 Å². The predicted octanol–water partition coefficient (Wildman–Crippen LogP) is 2.94. The van der Waals surface area contributed by atoms with E-state index in [-0.39, 0.29) is 0 Å². The summed E-state index contributed by atoms with van der Waals surface area (Å²) in [6.45, 7) is 2.05. The van der Waals surface area contributed by atoms with Crippen LogP contribution in [0, 0.1) is 11.8 Å². The molecule has 0 fully saturated rings. The maximum absolute atomic E-state index is 9.36. The fourth-order valence-electron chi connectivity index (χ4n) is 1.14. The third kappa shape index (κ3) is 5.51. The van der Waals surface area contributed by atoms with Crippen molar-refractivity contribution in [2.45, 2.75) is 30.8 Å². The van der Waals surface area contributed by atoms with Crippen molar-refractivity contribution in [3.05, 3.63) is 30.3 Å². The second-order valence-corrected chi connectivity index (χ2v) is 4.28. The van der Waals surface area contributed by atoms with Crippen LogP contribution in [-0.2, 0) is 0 Å². The Balaban J connectivity index is 2.27. The number of aliphatic hydroxyl groups excluding tert-OH is 1. The first-order valence-corrected chi connectivity index (χ1v) is 6.15. The summed E-state index contributed by atoms with van der Waals surface area (Å²) in [4.78, 5) is 1.22. The van der Waals surface area contributed by atoms with Gasteiger partial charge in [0.2, 0.25) is 0 Å². The van der Waals surface area contributed by atoms with Crippen LogP contribution in [0.4, 0.5) is 0 Å². The van der Waals surface area contributed by atoms with Gasteiger partial charge in [0.15, 0.2) is 0 Å². The molecule has 0 aliphatic rings. The number of benzene rings is 1. The number of hydrogen-bond donors (Lipinski definition) is 1. The Hall–Kier alpha value is -0.910. The molecule has 1 rings (SSSR count). The molecular formula is C13H16OS. The first-order valence-electron chi connectivity index (χ1n) is 5.17. The van der Waals surface area contributed by atoms with Crippen LogP contribution in [-0.4, -0.2) is 17.0 Å². The average molecular weight is 220 g/mol. The SMILES string of the molecule is CCCC(O)C#CCSc1ccccc1. The van der Waals surface area contributed by atoms with Crippen molar-refractivity contribution in [3.8, 4) is 11.8 Å². The molecule has 0 bridgehead atoms. The quantitative estimate of drug-likeness (QED) is 0.622. The summed E-state index contributed by atoms with van der Waals surface area (Å²) >= 11 is 1.70. The molecule has 1 unspecified atom stereocenters. The first kappa shape index (κ1) is 12.2. The largest absolute Gasteiger partial charge is 0.380 e. The number of aliphatic hydroxyl groups is 1. The van der Waals surface area contributed by atoms with Gasteiger partial charge in [-0.3, -0.25) is 0 Å². The predicted molar refractivity (Wildman–Crippen MR) is 65.9 cm³/mol. The van der Waals surface area contributed by atoms with Crippen LogP contribution >= 0.6 is 11.8 Å². The lowest BCUT2D eigenvalue weighted by atomic mass is 10.2. The minimum absolute atomic E-state index is 0.452. The van der Waals surface area contributed by atoms with E-state index in [2.05, 4.69) is 24.0 Å². The molecular weight excluding hydrogens is 204 g/mol. The summed E-state index contributed by atoms with van der Waals surface area (Å²) in [7, 11) is 0. The van der Waals surface area contributed by atoms with Crippen LogP contribution in [0.15, 0.2) is 35.2 Å². The monoisotopic (exact) mass is 220 g/mol. The standard InChI is InChI=1S/C13H16OS/c1-2-7-12(14)8-6-11-15-13-9-4-3-5-10-13/h3-5,9-10,12,14H,2,7,11H2,1H3. The van der Waals surface area contributed by atoms with Crippen molar-refractivity contribution in [2.75, 3.05) is 5.75 Å². The summed E-state index contributed by atoms with van der Waals surface area (Å²) in [5.74, 6) is 6.56. The molecule has 0 spiro atoms. The van der Waals surface area contributed by atoms with Crippen LogP contribution < -0.4 is 0 Å². The highest BCUT2D eigenvalue weighted by Gasteiger charge is 1.94. The summed E-state index contributed by atoms with van der Waals surface area (Å²) in [5, 5.41) is 9.36. The lowest BCUT2D eigenvalue weighted by Crippen LogP contribution is -2.00. The molecule has 0 saturated carbocycles. The molecule has 1 aromatic carbocycles. The van der Waals surface area contributed by atoms with Gasteiger partial charge in [-0.2, -0.15) is 0 Å². The van der Waals surface area contributed by atoms with Crippen molar-refractivity contribution >= 4 is 11.8 Å². The third-order valence-corrected chi connectivity index (χ3v) is 2.78. The van der Waals surface area contributed by atoms with E-state index in [9.17, 15) is 5.11 Å². The van der Waals surface area contributed by atoms with Crippen LogP contribution in [0.1, 0.15) is 19.8 Å². The van der Waals surface area contributed by atoms with Gasteiger partial charge in [0.05, 0.1) is 5.75 Å². The zero-order valence-electron chi connectivity index (χ0n) is 8.94. The maximum atomic E-state index is 9.36. The van der Waals surface area contributed by atoms with Gasteiger partial charge in [-0.15, -0.1) is 11.8 Å². The van der Waals surface area contributed by atoms with Crippen LogP contribution in [0.25, 0.3) is 0 Å². The molecule has 1 aromatic rings. The van der Waals surface area contributed by atoms with Gasteiger partial charge in [-0.25, -0.2) is 0 Å². The van der Waals surface area contributed by atoms with Gasteiger partial charge >= 0.3 is 0 Å². The van der Waals surface area contributed by atoms with E-state index in [0.29, 0.717) is 0 Å². The fraction of sp³-hybridized carbons (Fsp3) is 0.385. The Morgan fingerprint density at radius 2 is 2.07 bits per heavy atom. The number of rotatable bonds is 4. The number of thioether (sulfide) groups is 1. The van der Waals surface area contributed by atoms with E-state index >= 15 is 0 Å². The van der Waals surface area contributed by atoms with Crippen molar-refractivity contribution in [2.24, 2.45) is 0 Å². The maximum Gasteiger partial charge on any atom is 0.114 e. The molecule has 1 atom stereocenters. The van der Waals surface area contributed by atoms with Crippen LogP contribution in [0.3, 0.4) is 0 Å². The zero-order chi connectivity index (χ0) is 10.9. The first-order chi connectivity index (χ1) is 7.33. The van der Waals surface area contributed by atoms with Crippen LogP contribution in [0.2, 0.25) is 0 Å². The molecule has 0 aliphatic carbocycles. The summed E-state index contributed by atoms with van der Waals surface area (Å²) in [6, 6.07) is 10.2. The summed E-state index contributed by atoms with van der Waals surface area (Å²) in [6.07, 6.45) is 1.29. The molecule has 0 aromatic heterocycles. The van der Waals surface area contributed by atoms with E-state index in [1.54, 1.807) is 11.8 Å². The van der Waals surface area contributed by atoms with Gasteiger partial charge in [-0.05, 0) is 18.6 Å². The molecule has 0 aliphatic heterocycles. The molecule has 80 valence electrons. The van der Waals surface area contributed by atoms with Gasteiger partial charge in [0, 0.05) is 4.90 Å². The minimum Gasteiger partial charge on any atom is -0.380 e. The van der Waals surface area contributed by atoms with Crippen LogP contribution in [0.5, 0.6) is 0 Å².